The number of unbranched alkanes of at least 4 members (excludes halogenated alkanes) is 4. The van der Waals surface area contributed by atoms with Crippen molar-refractivity contribution >= 4 is 22.8 Å². The molecule has 0 amide bonds. The van der Waals surface area contributed by atoms with Crippen LogP contribution in [0.3, 0.4) is 0 Å². The maximum absolute atomic E-state index is 13.6. The van der Waals surface area contributed by atoms with E-state index in [0.717, 1.165) is 12.8 Å². The molecule has 0 bridgehead atoms. The van der Waals surface area contributed by atoms with E-state index in [2.05, 4.69) is 83.1 Å². The van der Waals surface area contributed by atoms with Gasteiger partial charge < -0.3 is 8.85 Å². The van der Waals surface area contributed by atoms with Crippen molar-refractivity contribution in [2.24, 2.45) is 0 Å². The third-order valence-corrected chi connectivity index (χ3v) is 20.1. The predicted molar refractivity (Wildman–Crippen MR) is 147 cm³/mol. The van der Waals surface area contributed by atoms with Crippen LogP contribution in [0.1, 0.15) is 134 Å². The Morgan fingerprint density at radius 3 is 1.06 bits per heavy atom. The van der Waals surface area contributed by atoms with Crippen LogP contribution < -0.4 is 0 Å². The lowest BCUT2D eigenvalue weighted by Gasteiger charge is -2.46. The molecule has 0 aromatic rings. The molecule has 2 unspecified atom stereocenters. The maximum Gasteiger partial charge on any atom is 0.480 e. The average molecular weight is 487 g/mol. The van der Waals surface area contributed by atoms with E-state index >= 15 is 0 Å². The van der Waals surface area contributed by atoms with Gasteiger partial charge in [-0.1, -0.05) is 122 Å². The Balaban J connectivity index is 5.89. The van der Waals surface area contributed by atoms with Crippen LogP contribution in [0.4, 0.5) is 4.79 Å². The maximum atomic E-state index is 13.6. The molecule has 0 N–H and O–H groups in total. The van der Waals surface area contributed by atoms with Crippen molar-refractivity contribution in [1.82, 2.24) is 0 Å². The van der Waals surface area contributed by atoms with Crippen molar-refractivity contribution in [2.45, 2.75) is 168 Å². The van der Waals surface area contributed by atoms with Crippen molar-refractivity contribution in [1.29, 1.82) is 0 Å². The number of carbonyl (C=O) groups is 1. The van der Waals surface area contributed by atoms with Crippen molar-refractivity contribution in [3.05, 3.63) is 0 Å². The highest BCUT2D eigenvalue weighted by Gasteiger charge is 2.54. The summed E-state index contributed by atoms with van der Waals surface area (Å²) in [6, 6.07) is 0. The number of hydrogen-bond acceptors (Lipinski definition) is 3. The normalized spacial score (nSPS) is 15.0. The summed E-state index contributed by atoms with van der Waals surface area (Å²) in [4.78, 5) is 13.6. The highest BCUT2D eigenvalue weighted by atomic mass is 28.4. The van der Waals surface area contributed by atoms with E-state index in [4.69, 9.17) is 8.85 Å². The first kappa shape index (κ1) is 31.7. The fraction of sp³-hybridized carbons (Fsp3) is 0.963. The average Bonchev–Trinajstić information content (AvgIpc) is 2.69. The summed E-state index contributed by atoms with van der Waals surface area (Å²) in [5.74, 6) is 0. The van der Waals surface area contributed by atoms with Crippen LogP contribution >= 0.6 is 0 Å². The van der Waals surface area contributed by atoms with E-state index in [9.17, 15) is 4.79 Å². The molecule has 0 aromatic carbocycles. The van der Waals surface area contributed by atoms with Gasteiger partial charge in [-0.3, -0.25) is 0 Å². The molecule has 0 rings (SSSR count). The SMILES string of the molecule is CCCCCC(C)[Si](OC(=O)O[Si](C(C)C)(C(C)C)C(C)CCCCC)(C(C)C)C(C)C. The highest BCUT2D eigenvalue weighted by molar-refractivity contribution is 6.81. The predicted octanol–water partition coefficient (Wildman–Crippen LogP) is 10.6. The summed E-state index contributed by atoms with van der Waals surface area (Å²) >= 11 is 0. The number of hydrogen-bond donors (Lipinski definition) is 0. The van der Waals surface area contributed by atoms with Gasteiger partial charge in [0.1, 0.15) is 0 Å². The van der Waals surface area contributed by atoms with Gasteiger partial charge in [0.25, 0.3) is 16.6 Å². The minimum Gasteiger partial charge on any atom is -0.489 e. The second-order valence-corrected chi connectivity index (χ2v) is 22.0. The van der Waals surface area contributed by atoms with E-state index in [0.29, 0.717) is 33.2 Å². The van der Waals surface area contributed by atoms with Crippen molar-refractivity contribution in [3.8, 4) is 0 Å². The van der Waals surface area contributed by atoms with Crippen molar-refractivity contribution in [3.63, 3.8) is 0 Å². The summed E-state index contributed by atoms with van der Waals surface area (Å²) in [5.41, 5.74) is 2.40. The molecule has 0 aliphatic carbocycles. The van der Waals surface area contributed by atoms with Gasteiger partial charge in [-0.15, -0.1) is 0 Å². The van der Waals surface area contributed by atoms with Crippen LogP contribution in [0.15, 0.2) is 0 Å². The summed E-state index contributed by atoms with van der Waals surface area (Å²) in [5, 5.41) is 0. The summed E-state index contributed by atoms with van der Waals surface area (Å²) < 4.78 is 13.2. The zero-order valence-electron chi connectivity index (χ0n) is 23.8. The zero-order valence-corrected chi connectivity index (χ0v) is 25.8. The van der Waals surface area contributed by atoms with Crippen molar-refractivity contribution in [2.75, 3.05) is 0 Å². The van der Waals surface area contributed by atoms with Gasteiger partial charge in [0.2, 0.25) is 0 Å². The molecule has 0 radical (unpaired) electrons. The Morgan fingerprint density at radius 2 is 0.844 bits per heavy atom. The standard InChI is InChI=1S/C27H58O3Si2/c1-13-15-17-19-25(11)31(21(3)4,22(5)6)29-27(28)30-32(23(7)8,24(9)10)26(12)20-18-16-14-2/h21-26H,13-20H2,1-12H3. The first-order chi connectivity index (χ1) is 14.8. The lowest BCUT2D eigenvalue weighted by molar-refractivity contribution is 0.136. The van der Waals surface area contributed by atoms with Gasteiger partial charge in [0, 0.05) is 0 Å². The molecule has 0 aliphatic heterocycles. The van der Waals surface area contributed by atoms with Crippen LogP contribution in [-0.2, 0) is 8.85 Å². The minimum absolute atomic E-state index is 0.349. The molecule has 32 heavy (non-hydrogen) atoms. The third kappa shape index (κ3) is 7.89. The molecule has 0 heterocycles. The van der Waals surface area contributed by atoms with Gasteiger partial charge in [-0.25, -0.2) is 4.79 Å². The molecule has 0 aromatic heterocycles. The van der Waals surface area contributed by atoms with Crippen LogP contribution in [-0.4, -0.2) is 22.8 Å². The largest absolute Gasteiger partial charge is 0.489 e. The van der Waals surface area contributed by atoms with E-state index in [1.165, 1.54) is 38.5 Å². The molecule has 0 saturated carbocycles. The Bertz CT molecular complexity index is 457. The van der Waals surface area contributed by atoms with E-state index < -0.39 is 16.6 Å². The van der Waals surface area contributed by atoms with E-state index in [-0.39, 0.29) is 6.16 Å². The number of carbonyl (C=O) groups excluding carboxylic acids is 1. The quantitative estimate of drug-likeness (QED) is 0.161. The topological polar surface area (TPSA) is 35.5 Å². The van der Waals surface area contributed by atoms with Gasteiger partial charge >= 0.3 is 6.16 Å². The van der Waals surface area contributed by atoms with Gasteiger partial charge in [0.15, 0.2) is 0 Å². The van der Waals surface area contributed by atoms with E-state index in [1.807, 2.05) is 0 Å². The Kier molecular flexibility index (Phi) is 14.7. The second-order valence-electron chi connectivity index (χ2n) is 11.6. The van der Waals surface area contributed by atoms with Gasteiger partial charge in [-0.05, 0) is 46.1 Å². The molecule has 2 atom stereocenters. The highest BCUT2D eigenvalue weighted by Crippen LogP contribution is 2.48. The van der Waals surface area contributed by atoms with Crippen molar-refractivity contribution < 1.29 is 13.6 Å². The number of rotatable bonds is 16. The monoisotopic (exact) mass is 486 g/mol. The zero-order chi connectivity index (χ0) is 25.1. The van der Waals surface area contributed by atoms with E-state index in [1.54, 1.807) is 0 Å². The molecule has 0 spiro atoms. The lowest BCUT2D eigenvalue weighted by atomic mass is 10.2. The van der Waals surface area contributed by atoms with Crippen LogP contribution in [0.5, 0.6) is 0 Å². The summed E-state index contributed by atoms with van der Waals surface area (Å²) in [6.45, 7) is 27.3. The Labute approximate surface area is 204 Å². The Morgan fingerprint density at radius 1 is 0.562 bits per heavy atom. The first-order valence-electron chi connectivity index (χ1n) is 13.8. The van der Waals surface area contributed by atoms with Crippen LogP contribution in [0.2, 0.25) is 33.2 Å². The second kappa shape index (κ2) is 14.9. The Hall–Kier alpha value is -0.296. The molecular weight excluding hydrogens is 428 g/mol. The molecule has 0 fully saturated rings. The summed E-state index contributed by atoms with van der Waals surface area (Å²) in [7, 11) is -4.71. The van der Waals surface area contributed by atoms with Crippen LogP contribution in [0, 0.1) is 0 Å². The lowest BCUT2D eigenvalue weighted by Crippen LogP contribution is -2.54. The fourth-order valence-corrected chi connectivity index (χ4v) is 17.1. The molecule has 0 aliphatic rings. The minimum atomic E-state index is -2.35. The molecule has 192 valence electrons. The summed E-state index contributed by atoms with van der Waals surface area (Å²) in [6.07, 6.45) is 9.33. The molecule has 3 nitrogen and oxygen atoms in total. The third-order valence-electron chi connectivity index (χ3n) is 8.15. The molecule has 5 heteroatoms. The molecular formula is C27H58O3Si2. The first-order valence-corrected chi connectivity index (χ1v) is 18.0. The van der Waals surface area contributed by atoms with Gasteiger partial charge in [0.05, 0.1) is 0 Å². The molecule has 0 saturated heterocycles. The smallest absolute Gasteiger partial charge is 0.480 e. The van der Waals surface area contributed by atoms with Crippen LogP contribution in [0.25, 0.3) is 0 Å². The van der Waals surface area contributed by atoms with Gasteiger partial charge in [-0.2, -0.15) is 0 Å². The fourth-order valence-electron chi connectivity index (χ4n) is 6.44.